The van der Waals surface area contributed by atoms with Crippen molar-refractivity contribution in [1.82, 2.24) is 15.1 Å². The fraction of sp³-hybridized carbons (Fsp3) is 0. The molecule has 1 aromatic carbocycles. The second-order valence-electron chi connectivity index (χ2n) is 3.53. The van der Waals surface area contributed by atoms with Crippen molar-refractivity contribution in [3.63, 3.8) is 0 Å². The van der Waals surface area contributed by atoms with Crippen LogP contribution in [0.2, 0.25) is 0 Å². The molecule has 0 saturated heterocycles. The van der Waals surface area contributed by atoms with E-state index in [1.165, 1.54) is 29.5 Å². The van der Waals surface area contributed by atoms with E-state index in [1.807, 2.05) is 5.38 Å². The van der Waals surface area contributed by atoms with Crippen LogP contribution in [0.1, 0.15) is 0 Å². The van der Waals surface area contributed by atoms with E-state index >= 15 is 0 Å². The van der Waals surface area contributed by atoms with Gasteiger partial charge in [0.2, 0.25) is 5.82 Å². The summed E-state index contributed by atoms with van der Waals surface area (Å²) in [6.07, 6.45) is 0. The van der Waals surface area contributed by atoms with Crippen LogP contribution in [0.25, 0.3) is 23.0 Å². The van der Waals surface area contributed by atoms with Gasteiger partial charge in [-0.25, -0.2) is 9.37 Å². The molecule has 0 radical (unpaired) electrons. The summed E-state index contributed by atoms with van der Waals surface area (Å²) in [5, 5.41) is 5.62. The molecule has 3 aromatic rings. The lowest BCUT2D eigenvalue weighted by atomic mass is 10.2. The Morgan fingerprint density at radius 1 is 1.33 bits per heavy atom. The Balaban J connectivity index is 2.00. The summed E-state index contributed by atoms with van der Waals surface area (Å²) in [6.45, 7) is 0. The number of nitrogens with two attached hydrogens (primary N) is 1. The van der Waals surface area contributed by atoms with Crippen LogP contribution in [0.15, 0.2) is 33.6 Å². The highest BCUT2D eigenvalue weighted by atomic mass is 32.1. The Hall–Kier alpha value is -2.28. The smallest absolute Gasteiger partial charge is 0.258 e. The second-order valence-corrected chi connectivity index (χ2v) is 4.25. The molecule has 0 saturated carbocycles. The number of aromatic nitrogens is 3. The van der Waals surface area contributed by atoms with Gasteiger partial charge in [-0.3, -0.25) is 0 Å². The number of thiazole rings is 1. The zero-order valence-electron chi connectivity index (χ0n) is 9.00. The standard InChI is InChI=1S/C11H7FN4OS/c12-7-2-1-6(3-8(7)13)11-15-10(16-17-11)9-4-18-5-14-9/h1-5H,13H2. The van der Waals surface area contributed by atoms with Gasteiger partial charge in [-0.2, -0.15) is 4.98 Å². The average molecular weight is 262 g/mol. The van der Waals surface area contributed by atoms with E-state index in [4.69, 9.17) is 10.3 Å². The van der Waals surface area contributed by atoms with Crippen molar-refractivity contribution in [2.24, 2.45) is 0 Å². The minimum Gasteiger partial charge on any atom is -0.396 e. The maximum Gasteiger partial charge on any atom is 0.258 e. The Morgan fingerprint density at radius 2 is 2.22 bits per heavy atom. The number of rotatable bonds is 2. The molecular weight excluding hydrogens is 255 g/mol. The van der Waals surface area contributed by atoms with E-state index in [1.54, 1.807) is 5.51 Å². The van der Waals surface area contributed by atoms with Gasteiger partial charge in [0.05, 0.1) is 11.2 Å². The van der Waals surface area contributed by atoms with Crippen LogP contribution in [0.5, 0.6) is 0 Å². The second kappa shape index (κ2) is 4.19. The molecule has 0 atom stereocenters. The van der Waals surface area contributed by atoms with Crippen LogP contribution in [0.4, 0.5) is 10.1 Å². The van der Waals surface area contributed by atoms with Crippen molar-refractivity contribution in [3.05, 3.63) is 34.9 Å². The average Bonchev–Trinajstić information content (AvgIpc) is 3.01. The zero-order valence-corrected chi connectivity index (χ0v) is 9.82. The largest absolute Gasteiger partial charge is 0.396 e. The SMILES string of the molecule is Nc1cc(-c2nc(-c3cscn3)no2)ccc1F. The molecule has 7 heteroatoms. The topological polar surface area (TPSA) is 77.8 Å². The van der Waals surface area contributed by atoms with Gasteiger partial charge in [0.1, 0.15) is 11.5 Å². The van der Waals surface area contributed by atoms with Gasteiger partial charge in [-0.1, -0.05) is 5.16 Å². The molecular formula is C11H7FN4OS. The van der Waals surface area contributed by atoms with Crippen molar-refractivity contribution in [3.8, 4) is 23.0 Å². The minimum atomic E-state index is -0.474. The fourth-order valence-electron chi connectivity index (χ4n) is 1.44. The molecule has 0 fully saturated rings. The first-order valence-corrected chi connectivity index (χ1v) is 5.96. The zero-order chi connectivity index (χ0) is 12.5. The Labute approximate surface area is 105 Å². The highest BCUT2D eigenvalue weighted by Gasteiger charge is 2.12. The van der Waals surface area contributed by atoms with E-state index in [2.05, 4.69) is 15.1 Å². The lowest BCUT2D eigenvalue weighted by Crippen LogP contribution is -1.90. The summed E-state index contributed by atoms with van der Waals surface area (Å²) in [6, 6.07) is 4.25. The minimum absolute atomic E-state index is 0.0425. The number of anilines is 1. The maximum atomic E-state index is 13.0. The highest BCUT2D eigenvalue weighted by molar-refractivity contribution is 7.07. The molecule has 2 aromatic heterocycles. The molecule has 0 unspecified atom stereocenters. The maximum absolute atomic E-state index is 13.0. The van der Waals surface area contributed by atoms with Gasteiger partial charge < -0.3 is 10.3 Å². The number of nitrogen functional groups attached to an aromatic ring is 1. The summed E-state index contributed by atoms with van der Waals surface area (Å²) in [5.74, 6) is 0.205. The fourth-order valence-corrected chi connectivity index (χ4v) is 1.97. The van der Waals surface area contributed by atoms with Gasteiger partial charge in [0.25, 0.3) is 5.89 Å². The third-order valence-corrected chi connectivity index (χ3v) is 2.92. The van der Waals surface area contributed by atoms with Crippen molar-refractivity contribution >= 4 is 17.0 Å². The molecule has 0 amide bonds. The molecule has 0 spiro atoms. The molecule has 5 nitrogen and oxygen atoms in total. The van der Waals surface area contributed by atoms with E-state index in [0.29, 0.717) is 17.1 Å². The van der Waals surface area contributed by atoms with Gasteiger partial charge >= 0.3 is 0 Å². The van der Waals surface area contributed by atoms with Gasteiger partial charge in [-0.05, 0) is 18.2 Å². The molecule has 0 bridgehead atoms. The normalized spacial score (nSPS) is 10.7. The van der Waals surface area contributed by atoms with Crippen LogP contribution in [-0.4, -0.2) is 15.1 Å². The van der Waals surface area contributed by atoms with Crippen LogP contribution < -0.4 is 5.73 Å². The summed E-state index contributed by atoms with van der Waals surface area (Å²) < 4.78 is 18.1. The van der Waals surface area contributed by atoms with Crippen LogP contribution in [0.3, 0.4) is 0 Å². The predicted octanol–water partition coefficient (Wildman–Crippen LogP) is 2.58. The number of benzene rings is 1. The van der Waals surface area contributed by atoms with Crippen LogP contribution in [-0.2, 0) is 0 Å². The number of hydrogen-bond donors (Lipinski definition) is 1. The molecule has 18 heavy (non-hydrogen) atoms. The summed E-state index contributed by atoms with van der Waals surface area (Å²) in [7, 11) is 0. The van der Waals surface area contributed by atoms with Gasteiger partial charge in [0, 0.05) is 10.9 Å². The lowest BCUT2D eigenvalue weighted by molar-refractivity contribution is 0.432. The number of hydrogen-bond acceptors (Lipinski definition) is 6. The third kappa shape index (κ3) is 1.84. The van der Waals surface area contributed by atoms with Crippen molar-refractivity contribution in [1.29, 1.82) is 0 Å². The molecule has 0 aliphatic rings. The first-order valence-electron chi connectivity index (χ1n) is 5.02. The Morgan fingerprint density at radius 3 is 2.94 bits per heavy atom. The molecule has 0 aliphatic heterocycles. The Bertz CT molecular complexity index is 680. The van der Waals surface area contributed by atoms with Crippen molar-refractivity contribution in [2.75, 3.05) is 5.73 Å². The van der Waals surface area contributed by atoms with Crippen LogP contribution in [0, 0.1) is 5.82 Å². The number of halogens is 1. The Kier molecular flexibility index (Phi) is 2.52. The first-order chi connectivity index (χ1) is 8.74. The molecule has 2 heterocycles. The van der Waals surface area contributed by atoms with Crippen molar-refractivity contribution < 1.29 is 8.91 Å². The highest BCUT2D eigenvalue weighted by Crippen LogP contribution is 2.24. The quantitative estimate of drug-likeness (QED) is 0.718. The molecule has 90 valence electrons. The monoisotopic (exact) mass is 262 g/mol. The molecule has 0 aliphatic carbocycles. The van der Waals surface area contributed by atoms with E-state index in [-0.39, 0.29) is 11.6 Å². The predicted molar refractivity (Wildman–Crippen MR) is 65.2 cm³/mol. The first kappa shape index (κ1) is 10.8. The van der Waals surface area contributed by atoms with E-state index in [0.717, 1.165) is 0 Å². The van der Waals surface area contributed by atoms with E-state index < -0.39 is 5.82 Å². The number of nitrogens with zero attached hydrogens (tertiary/aromatic N) is 3. The van der Waals surface area contributed by atoms with Gasteiger partial charge in [0.15, 0.2) is 0 Å². The summed E-state index contributed by atoms with van der Waals surface area (Å²) >= 11 is 1.44. The van der Waals surface area contributed by atoms with Gasteiger partial charge in [-0.15, -0.1) is 11.3 Å². The summed E-state index contributed by atoms with van der Waals surface area (Å²) in [5.41, 5.74) is 8.42. The van der Waals surface area contributed by atoms with Crippen LogP contribution >= 0.6 is 11.3 Å². The summed E-state index contributed by atoms with van der Waals surface area (Å²) in [4.78, 5) is 8.26. The van der Waals surface area contributed by atoms with Crippen molar-refractivity contribution in [2.45, 2.75) is 0 Å². The third-order valence-electron chi connectivity index (χ3n) is 2.33. The van der Waals surface area contributed by atoms with E-state index in [9.17, 15) is 4.39 Å². The molecule has 3 rings (SSSR count). The molecule has 2 N–H and O–H groups in total. The lowest BCUT2D eigenvalue weighted by Gasteiger charge is -1.97.